The molecule has 3 N–H and O–H groups in total. The molecule has 1 fully saturated rings. The van der Waals surface area contributed by atoms with Gasteiger partial charge in [-0.1, -0.05) is 11.6 Å². The van der Waals surface area contributed by atoms with Gasteiger partial charge in [-0.15, -0.1) is 0 Å². The molecule has 82 valence electrons. The quantitative estimate of drug-likeness (QED) is 0.835. The number of halogens is 2. The average Bonchev–Trinajstić information content (AvgIpc) is 2.16. The van der Waals surface area contributed by atoms with Crippen LogP contribution in [0.25, 0.3) is 0 Å². The van der Waals surface area contributed by atoms with Gasteiger partial charge in [0.2, 0.25) is 0 Å². The largest absolute Gasteiger partial charge is 0.382 e. The monoisotopic (exact) mass is 228 g/mol. The minimum absolute atomic E-state index is 0.261. The third-order valence-electron chi connectivity index (χ3n) is 2.78. The van der Waals surface area contributed by atoms with Crippen LogP contribution in [0.4, 0.5) is 10.1 Å². The predicted molar refractivity (Wildman–Crippen MR) is 60.6 cm³/mol. The van der Waals surface area contributed by atoms with Crippen molar-refractivity contribution in [2.45, 2.75) is 18.9 Å². The molecule has 0 amide bonds. The van der Waals surface area contributed by atoms with Gasteiger partial charge < -0.3 is 11.1 Å². The molecule has 1 aliphatic rings. The van der Waals surface area contributed by atoms with Crippen molar-refractivity contribution in [3.8, 4) is 0 Å². The Morgan fingerprint density at radius 2 is 2.20 bits per heavy atom. The first-order valence-electron chi connectivity index (χ1n) is 5.09. The number of benzene rings is 1. The Kier molecular flexibility index (Phi) is 3.12. The highest BCUT2D eigenvalue weighted by Crippen LogP contribution is 2.27. The van der Waals surface area contributed by atoms with Crippen LogP contribution >= 0.6 is 11.6 Å². The number of hydrogen-bond donors (Lipinski definition) is 2. The lowest BCUT2D eigenvalue weighted by molar-refractivity contribution is 0.280. The zero-order valence-corrected chi connectivity index (χ0v) is 9.10. The number of hydrogen-bond acceptors (Lipinski definition) is 2. The van der Waals surface area contributed by atoms with Crippen molar-refractivity contribution in [3.05, 3.63) is 29.0 Å². The summed E-state index contributed by atoms with van der Waals surface area (Å²) in [6.45, 7) is 0.769. The van der Waals surface area contributed by atoms with Gasteiger partial charge >= 0.3 is 0 Å². The number of anilines is 1. The summed E-state index contributed by atoms with van der Waals surface area (Å²) in [7, 11) is 0. The molecule has 0 spiro atoms. The lowest BCUT2D eigenvalue weighted by atomic mass is 9.81. The Labute approximate surface area is 93.6 Å². The Morgan fingerprint density at radius 1 is 1.47 bits per heavy atom. The Hall–Kier alpha value is -0.800. The fraction of sp³-hybridized carbons (Fsp3) is 0.455. The van der Waals surface area contributed by atoms with E-state index in [0.717, 1.165) is 19.4 Å². The zero-order chi connectivity index (χ0) is 10.8. The summed E-state index contributed by atoms with van der Waals surface area (Å²) in [5.74, 6) is 0.307. The molecule has 0 bridgehead atoms. The van der Waals surface area contributed by atoms with Gasteiger partial charge in [-0.2, -0.15) is 0 Å². The van der Waals surface area contributed by atoms with E-state index in [-0.39, 0.29) is 5.82 Å². The van der Waals surface area contributed by atoms with E-state index >= 15 is 0 Å². The maximum absolute atomic E-state index is 13.3. The van der Waals surface area contributed by atoms with E-state index in [0.29, 0.717) is 22.7 Å². The maximum atomic E-state index is 13.3. The molecule has 0 aliphatic heterocycles. The molecule has 0 radical (unpaired) electrons. The summed E-state index contributed by atoms with van der Waals surface area (Å²) in [4.78, 5) is 0. The van der Waals surface area contributed by atoms with Crippen LogP contribution in [0.5, 0.6) is 0 Å². The van der Waals surface area contributed by atoms with Crippen molar-refractivity contribution in [2.75, 3.05) is 11.9 Å². The second-order valence-corrected chi connectivity index (χ2v) is 4.54. The van der Waals surface area contributed by atoms with Gasteiger partial charge in [-0.25, -0.2) is 4.39 Å². The van der Waals surface area contributed by atoms with E-state index in [2.05, 4.69) is 5.32 Å². The van der Waals surface area contributed by atoms with Gasteiger partial charge in [0.1, 0.15) is 5.82 Å². The highest BCUT2D eigenvalue weighted by molar-refractivity contribution is 6.30. The van der Waals surface area contributed by atoms with Crippen LogP contribution in [-0.2, 0) is 0 Å². The molecule has 0 heterocycles. The standard InChI is InChI=1S/C11H14ClFN2/c12-8-1-2-10(13)11(5-8)15-6-7-3-9(14)4-7/h1-2,5,7,9,15H,3-4,6,14H2. The first-order valence-corrected chi connectivity index (χ1v) is 5.47. The van der Waals surface area contributed by atoms with Crippen LogP contribution in [0.15, 0.2) is 18.2 Å². The van der Waals surface area contributed by atoms with Crippen LogP contribution in [0.3, 0.4) is 0 Å². The highest BCUT2D eigenvalue weighted by atomic mass is 35.5. The van der Waals surface area contributed by atoms with Gasteiger partial charge in [-0.3, -0.25) is 0 Å². The van der Waals surface area contributed by atoms with E-state index in [1.54, 1.807) is 12.1 Å². The second-order valence-electron chi connectivity index (χ2n) is 4.10. The first kappa shape index (κ1) is 10.7. The Morgan fingerprint density at radius 3 is 2.87 bits per heavy atom. The molecule has 15 heavy (non-hydrogen) atoms. The van der Waals surface area contributed by atoms with E-state index in [9.17, 15) is 4.39 Å². The molecule has 2 rings (SSSR count). The van der Waals surface area contributed by atoms with Crippen molar-refractivity contribution >= 4 is 17.3 Å². The molecule has 1 aliphatic carbocycles. The topological polar surface area (TPSA) is 38.0 Å². The highest BCUT2D eigenvalue weighted by Gasteiger charge is 2.25. The van der Waals surface area contributed by atoms with Crippen molar-refractivity contribution in [1.82, 2.24) is 0 Å². The van der Waals surface area contributed by atoms with E-state index in [1.165, 1.54) is 6.07 Å². The smallest absolute Gasteiger partial charge is 0.146 e. The van der Waals surface area contributed by atoms with E-state index < -0.39 is 0 Å². The minimum atomic E-state index is -0.261. The molecule has 4 heteroatoms. The summed E-state index contributed by atoms with van der Waals surface area (Å²) < 4.78 is 13.3. The number of nitrogens with one attached hydrogen (secondary N) is 1. The summed E-state index contributed by atoms with van der Waals surface area (Å²) in [6.07, 6.45) is 2.05. The molecule has 2 nitrogen and oxygen atoms in total. The van der Waals surface area contributed by atoms with Gasteiger partial charge in [0.05, 0.1) is 5.69 Å². The molecule has 0 atom stereocenters. The van der Waals surface area contributed by atoms with Gasteiger partial charge in [0, 0.05) is 17.6 Å². The first-order chi connectivity index (χ1) is 7.15. The number of rotatable bonds is 3. The predicted octanol–water partition coefficient (Wildman–Crippen LogP) is 2.63. The normalized spacial score (nSPS) is 24.7. The summed E-state index contributed by atoms with van der Waals surface area (Å²) in [6, 6.07) is 4.86. The van der Waals surface area contributed by atoms with E-state index in [4.69, 9.17) is 17.3 Å². The fourth-order valence-corrected chi connectivity index (χ4v) is 2.01. The third kappa shape index (κ3) is 2.61. The average molecular weight is 229 g/mol. The van der Waals surface area contributed by atoms with Crippen molar-refractivity contribution in [3.63, 3.8) is 0 Å². The van der Waals surface area contributed by atoms with Crippen LogP contribution in [0, 0.1) is 11.7 Å². The summed E-state index contributed by atoms with van der Waals surface area (Å²) in [5, 5.41) is 3.61. The SMILES string of the molecule is NC1CC(CNc2cc(Cl)ccc2F)C1. The lowest BCUT2D eigenvalue weighted by Crippen LogP contribution is -2.39. The van der Waals surface area contributed by atoms with Gasteiger partial charge in [0.15, 0.2) is 0 Å². The van der Waals surface area contributed by atoms with E-state index in [1.807, 2.05) is 0 Å². The summed E-state index contributed by atoms with van der Waals surface area (Å²) >= 11 is 5.78. The molecule has 1 aromatic rings. The second kappa shape index (κ2) is 4.37. The van der Waals surface area contributed by atoms with Crippen LogP contribution in [0.2, 0.25) is 5.02 Å². The molecule has 0 unspecified atom stereocenters. The Bertz CT molecular complexity index is 350. The van der Waals surface area contributed by atoms with Crippen molar-refractivity contribution in [1.29, 1.82) is 0 Å². The van der Waals surface area contributed by atoms with Gasteiger partial charge in [-0.05, 0) is 37.0 Å². The van der Waals surface area contributed by atoms with Crippen LogP contribution < -0.4 is 11.1 Å². The zero-order valence-electron chi connectivity index (χ0n) is 8.34. The van der Waals surface area contributed by atoms with Crippen molar-refractivity contribution < 1.29 is 4.39 Å². The Balaban J connectivity index is 1.90. The molecule has 0 saturated heterocycles. The molecule has 1 aromatic carbocycles. The minimum Gasteiger partial charge on any atom is -0.382 e. The number of nitrogens with two attached hydrogens (primary N) is 1. The van der Waals surface area contributed by atoms with Gasteiger partial charge in [0.25, 0.3) is 0 Å². The molecular weight excluding hydrogens is 215 g/mol. The summed E-state index contributed by atoms with van der Waals surface area (Å²) in [5.41, 5.74) is 6.14. The maximum Gasteiger partial charge on any atom is 0.146 e. The third-order valence-corrected chi connectivity index (χ3v) is 3.02. The van der Waals surface area contributed by atoms with Crippen LogP contribution in [0.1, 0.15) is 12.8 Å². The molecular formula is C11H14ClFN2. The fourth-order valence-electron chi connectivity index (χ4n) is 1.84. The van der Waals surface area contributed by atoms with Crippen molar-refractivity contribution in [2.24, 2.45) is 11.7 Å². The van der Waals surface area contributed by atoms with Crippen LogP contribution in [-0.4, -0.2) is 12.6 Å². The lowest BCUT2D eigenvalue weighted by Gasteiger charge is -2.32. The molecule has 1 saturated carbocycles. The molecule has 0 aromatic heterocycles.